The Hall–Kier alpha value is -0.370. The van der Waals surface area contributed by atoms with E-state index in [4.69, 9.17) is 0 Å². The van der Waals surface area contributed by atoms with Crippen molar-refractivity contribution in [3.63, 3.8) is 0 Å². The zero-order valence-corrected chi connectivity index (χ0v) is 11.3. The van der Waals surface area contributed by atoms with Gasteiger partial charge in [0, 0.05) is 5.69 Å². The highest BCUT2D eigenvalue weighted by atomic mass is 79.9. The summed E-state index contributed by atoms with van der Waals surface area (Å²) in [7, 11) is 0. The van der Waals surface area contributed by atoms with Gasteiger partial charge in [0.05, 0.1) is 0 Å². The summed E-state index contributed by atoms with van der Waals surface area (Å²) in [5, 5.41) is 0. The van der Waals surface area contributed by atoms with Gasteiger partial charge in [-0.1, -0.05) is 45.6 Å². The molecule has 0 saturated heterocycles. The predicted molar refractivity (Wildman–Crippen MR) is 69.1 cm³/mol. The van der Waals surface area contributed by atoms with Crippen molar-refractivity contribution >= 4 is 15.9 Å². The molecule has 1 nitrogen and oxygen atoms in total. The van der Waals surface area contributed by atoms with Crippen molar-refractivity contribution in [2.45, 2.75) is 51.9 Å². The third kappa shape index (κ3) is 4.78. The molecule has 0 fully saturated rings. The zero-order valence-electron chi connectivity index (χ0n) is 9.67. The fourth-order valence-electron chi connectivity index (χ4n) is 1.72. The van der Waals surface area contributed by atoms with Gasteiger partial charge in [-0.05, 0) is 40.4 Å². The number of aromatic nitrogens is 1. The van der Waals surface area contributed by atoms with E-state index in [-0.39, 0.29) is 0 Å². The number of nitrogens with zero attached hydrogens (tertiary/aromatic N) is 1. The number of hydrogen-bond donors (Lipinski definition) is 0. The van der Waals surface area contributed by atoms with Crippen LogP contribution in [0.25, 0.3) is 0 Å². The van der Waals surface area contributed by atoms with Crippen LogP contribution in [0.2, 0.25) is 0 Å². The molecule has 1 unspecified atom stereocenters. The van der Waals surface area contributed by atoms with E-state index >= 15 is 0 Å². The Bertz CT molecular complexity index is 286. The van der Waals surface area contributed by atoms with E-state index in [1.807, 2.05) is 6.07 Å². The SMILES string of the molecule is CCCCCCC(C)c1cccc(Br)n1. The molecule has 84 valence electrons. The fourth-order valence-corrected chi connectivity index (χ4v) is 2.08. The summed E-state index contributed by atoms with van der Waals surface area (Å²) in [4.78, 5) is 4.49. The van der Waals surface area contributed by atoms with Crippen LogP contribution in [0.5, 0.6) is 0 Å². The molecule has 0 aromatic carbocycles. The minimum absolute atomic E-state index is 0.583. The quantitative estimate of drug-likeness (QED) is 0.528. The molecule has 15 heavy (non-hydrogen) atoms. The van der Waals surface area contributed by atoms with Crippen LogP contribution in [-0.4, -0.2) is 4.98 Å². The van der Waals surface area contributed by atoms with Gasteiger partial charge < -0.3 is 0 Å². The van der Waals surface area contributed by atoms with Crippen LogP contribution in [0.3, 0.4) is 0 Å². The largest absolute Gasteiger partial charge is 0.246 e. The van der Waals surface area contributed by atoms with Gasteiger partial charge in [0.1, 0.15) is 4.60 Å². The molecule has 2 heteroatoms. The molecule has 0 spiro atoms. The number of halogens is 1. The molecule has 0 bridgehead atoms. The maximum Gasteiger partial charge on any atom is 0.106 e. The minimum Gasteiger partial charge on any atom is -0.246 e. The van der Waals surface area contributed by atoms with E-state index in [0.717, 1.165) is 4.60 Å². The van der Waals surface area contributed by atoms with Gasteiger partial charge >= 0.3 is 0 Å². The van der Waals surface area contributed by atoms with E-state index in [1.165, 1.54) is 37.8 Å². The van der Waals surface area contributed by atoms with E-state index in [9.17, 15) is 0 Å². The van der Waals surface area contributed by atoms with E-state index < -0.39 is 0 Å². The van der Waals surface area contributed by atoms with Crippen LogP contribution < -0.4 is 0 Å². The number of hydrogen-bond acceptors (Lipinski definition) is 1. The van der Waals surface area contributed by atoms with Crippen LogP contribution >= 0.6 is 15.9 Å². The lowest BCUT2D eigenvalue weighted by molar-refractivity contribution is 0.571. The van der Waals surface area contributed by atoms with Gasteiger partial charge in [-0.3, -0.25) is 0 Å². The number of rotatable bonds is 6. The van der Waals surface area contributed by atoms with Crippen molar-refractivity contribution in [3.8, 4) is 0 Å². The van der Waals surface area contributed by atoms with Crippen LogP contribution in [0.1, 0.15) is 57.6 Å². The van der Waals surface area contributed by atoms with Crippen LogP contribution in [0.15, 0.2) is 22.8 Å². The van der Waals surface area contributed by atoms with Crippen molar-refractivity contribution in [2.24, 2.45) is 0 Å². The molecule has 0 aliphatic rings. The number of unbranched alkanes of at least 4 members (excludes halogenated alkanes) is 3. The molecular formula is C13H20BrN. The summed E-state index contributed by atoms with van der Waals surface area (Å²) in [6.45, 7) is 4.51. The summed E-state index contributed by atoms with van der Waals surface area (Å²) in [5.74, 6) is 0.583. The van der Waals surface area contributed by atoms with Gasteiger partial charge in [0.15, 0.2) is 0 Å². The Morgan fingerprint density at radius 3 is 2.73 bits per heavy atom. The van der Waals surface area contributed by atoms with Crippen LogP contribution in [-0.2, 0) is 0 Å². The van der Waals surface area contributed by atoms with Crippen molar-refractivity contribution in [2.75, 3.05) is 0 Å². The molecule has 0 aliphatic carbocycles. The van der Waals surface area contributed by atoms with Crippen molar-refractivity contribution in [3.05, 3.63) is 28.5 Å². The third-order valence-corrected chi connectivity index (χ3v) is 3.17. The highest BCUT2D eigenvalue weighted by molar-refractivity contribution is 9.10. The molecule has 1 rings (SSSR count). The Balaban J connectivity index is 2.36. The standard InChI is InChI=1S/C13H20BrN/c1-3-4-5-6-8-11(2)12-9-7-10-13(14)15-12/h7,9-11H,3-6,8H2,1-2H3. The lowest BCUT2D eigenvalue weighted by Crippen LogP contribution is -1.97. The summed E-state index contributed by atoms with van der Waals surface area (Å²) in [6.07, 6.45) is 6.60. The van der Waals surface area contributed by atoms with Crippen molar-refractivity contribution in [1.82, 2.24) is 4.98 Å². The Morgan fingerprint density at radius 2 is 2.07 bits per heavy atom. The molecule has 0 N–H and O–H groups in total. The van der Waals surface area contributed by atoms with Gasteiger partial charge in [-0.25, -0.2) is 4.98 Å². The van der Waals surface area contributed by atoms with E-state index in [2.05, 4.69) is 46.9 Å². The summed E-state index contributed by atoms with van der Waals surface area (Å²) < 4.78 is 0.945. The average molecular weight is 270 g/mol. The fraction of sp³-hybridized carbons (Fsp3) is 0.615. The number of pyridine rings is 1. The summed E-state index contributed by atoms with van der Waals surface area (Å²) in [6, 6.07) is 6.16. The molecule has 0 aliphatic heterocycles. The van der Waals surface area contributed by atoms with Crippen LogP contribution in [0, 0.1) is 0 Å². The first-order valence-electron chi connectivity index (χ1n) is 5.86. The van der Waals surface area contributed by atoms with Gasteiger partial charge in [-0.2, -0.15) is 0 Å². The summed E-state index contributed by atoms with van der Waals surface area (Å²) >= 11 is 3.41. The highest BCUT2D eigenvalue weighted by Gasteiger charge is 2.06. The lowest BCUT2D eigenvalue weighted by Gasteiger charge is -2.10. The van der Waals surface area contributed by atoms with Crippen molar-refractivity contribution in [1.29, 1.82) is 0 Å². The first-order valence-corrected chi connectivity index (χ1v) is 6.65. The van der Waals surface area contributed by atoms with Gasteiger partial charge in [-0.15, -0.1) is 0 Å². The Kier molecular flexibility index (Phi) is 5.92. The zero-order chi connectivity index (χ0) is 11.1. The monoisotopic (exact) mass is 269 g/mol. The van der Waals surface area contributed by atoms with Gasteiger partial charge in [0.25, 0.3) is 0 Å². The average Bonchev–Trinajstić information content (AvgIpc) is 2.24. The Labute approximate surface area is 101 Å². The highest BCUT2D eigenvalue weighted by Crippen LogP contribution is 2.21. The Morgan fingerprint density at radius 1 is 1.27 bits per heavy atom. The van der Waals surface area contributed by atoms with E-state index in [1.54, 1.807) is 0 Å². The molecule has 0 amide bonds. The smallest absolute Gasteiger partial charge is 0.106 e. The van der Waals surface area contributed by atoms with Crippen molar-refractivity contribution < 1.29 is 0 Å². The van der Waals surface area contributed by atoms with E-state index in [0.29, 0.717) is 5.92 Å². The molecule has 1 aromatic heterocycles. The lowest BCUT2D eigenvalue weighted by atomic mass is 9.99. The molecule has 1 heterocycles. The molecular weight excluding hydrogens is 250 g/mol. The third-order valence-electron chi connectivity index (χ3n) is 2.73. The van der Waals surface area contributed by atoms with Gasteiger partial charge in [0.2, 0.25) is 0 Å². The van der Waals surface area contributed by atoms with Crippen LogP contribution in [0.4, 0.5) is 0 Å². The maximum atomic E-state index is 4.49. The topological polar surface area (TPSA) is 12.9 Å². The first-order chi connectivity index (χ1) is 7.24. The predicted octanol–water partition coefficient (Wildman–Crippen LogP) is 4.92. The second-order valence-corrected chi connectivity index (χ2v) is 4.95. The second kappa shape index (κ2) is 7.00. The minimum atomic E-state index is 0.583. The second-order valence-electron chi connectivity index (χ2n) is 4.14. The summed E-state index contributed by atoms with van der Waals surface area (Å²) in [5.41, 5.74) is 1.21. The molecule has 1 atom stereocenters. The normalized spacial score (nSPS) is 12.7. The first kappa shape index (κ1) is 12.7. The maximum absolute atomic E-state index is 4.49. The molecule has 0 saturated carbocycles. The molecule has 0 radical (unpaired) electrons. The molecule has 1 aromatic rings.